The zero-order valence-electron chi connectivity index (χ0n) is 15.7. The van der Waals surface area contributed by atoms with Crippen LogP contribution in [0.2, 0.25) is 0 Å². The lowest BCUT2D eigenvalue weighted by Gasteiger charge is -2.13. The minimum absolute atomic E-state index is 0.284. The fraction of sp³-hybridized carbons (Fsp3) is 0.304. The molecule has 0 bridgehead atoms. The van der Waals surface area contributed by atoms with E-state index in [1.165, 1.54) is 11.1 Å². The van der Waals surface area contributed by atoms with E-state index in [2.05, 4.69) is 45.1 Å². The van der Waals surface area contributed by atoms with E-state index in [4.69, 9.17) is 4.74 Å². The number of rotatable bonds is 7. The SMILES string of the molecule is COc1cc(O)c(CC=C(C)CCC=C(C)C)c(-c2ccccc2)c1. The number of phenolic OH excluding ortho intramolecular Hbond substituents is 1. The van der Waals surface area contributed by atoms with Gasteiger partial charge in [0.2, 0.25) is 0 Å². The van der Waals surface area contributed by atoms with Crippen molar-refractivity contribution in [2.24, 2.45) is 0 Å². The zero-order valence-corrected chi connectivity index (χ0v) is 15.7. The largest absolute Gasteiger partial charge is 0.507 e. The van der Waals surface area contributed by atoms with Crippen LogP contribution in [0, 0.1) is 0 Å². The van der Waals surface area contributed by atoms with Crippen LogP contribution in [0.5, 0.6) is 11.5 Å². The number of hydrogen-bond donors (Lipinski definition) is 1. The van der Waals surface area contributed by atoms with Crippen molar-refractivity contribution in [3.8, 4) is 22.6 Å². The summed E-state index contributed by atoms with van der Waals surface area (Å²) in [5.41, 5.74) is 5.74. The standard InChI is InChI=1S/C23H28O2/c1-17(2)9-8-10-18(3)13-14-21-22(19-11-6-5-7-12-19)15-20(25-4)16-23(21)24/h5-7,9,11-13,15-16,24H,8,10,14H2,1-4H3. The van der Waals surface area contributed by atoms with Crippen molar-refractivity contribution in [3.63, 3.8) is 0 Å². The molecule has 132 valence electrons. The molecule has 0 aliphatic carbocycles. The van der Waals surface area contributed by atoms with Gasteiger partial charge in [-0.25, -0.2) is 0 Å². The van der Waals surface area contributed by atoms with Crippen LogP contribution >= 0.6 is 0 Å². The number of hydrogen-bond acceptors (Lipinski definition) is 2. The second kappa shape index (κ2) is 9.12. The molecule has 2 nitrogen and oxygen atoms in total. The van der Waals surface area contributed by atoms with Crippen LogP contribution in [0.4, 0.5) is 0 Å². The molecule has 0 spiro atoms. The first-order valence-corrected chi connectivity index (χ1v) is 8.75. The van der Waals surface area contributed by atoms with Crippen LogP contribution in [0.25, 0.3) is 11.1 Å². The van der Waals surface area contributed by atoms with Gasteiger partial charge in [-0.3, -0.25) is 0 Å². The molecule has 1 N–H and O–H groups in total. The van der Waals surface area contributed by atoms with Gasteiger partial charge in [0.05, 0.1) is 7.11 Å². The van der Waals surface area contributed by atoms with Crippen molar-refractivity contribution in [3.05, 3.63) is 71.3 Å². The molecule has 0 radical (unpaired) electrons. The van der Waals surface area contributed by atoms with Crippen molar-refractivity contribution in [2.75, 3.05) is 7.11 Å². The fourth-order valence-corrected chi connectivity index (χ4v) is 2.81. The van der Waals surface area contributed by atoms with Crippen molar-refractivity contribution >= 4 is 0 Å². The Morgan fingerprint density at radius 2 is 1.76 bits per heavy atom. The summed E-state index contributed by atoms with van der Waals surface area (Å²) in [5.74, 6) is 0.955. The Hall–Kier alpha value is -2.48. The third kappa shape index (κ3) is 5.53. The van der Waals surface area contributed by atoms with E-state index in [0.29, 0.717) is 12.2 Å². The second-order valence-electron chi connectivity index (χ2n) is 6.61. The summed E-state index contributed by atoms with van der Waals surface area (Å²) in [5, 5.41) is 10.5. The highest BCUT2D eigenvalue weighted by Gasteiger charge is 2.12. The van der Waals surface area contributed by atoms with Crippen LogP contribution in [0.3, 0.4) is 0 Å². The minimum atomic E-state index is 0.284. The summed E-state index contributed by atoms with van der Waals surface area (Å²) in [7, 11) is 1.62. The Bertz CT molecular complexity index is 751. The van der Waals surface area contributed by atoms with Crippen molar-refractivity contribution in [2.45, 2.75) is 40.0 Å². The Morgan fingerprint density at radius 1 is 1.04 bits per heavy atom. The highest BCUT2D eigenvalue weighted by molar-refractivity contribution is 5.72. The molecular weight excluding hydrogens is 308 g/mol. The summed E-state index contributed by atoms with van der Waals surface area (Å²) in [6, 6.07) is 13.8. The molecule has 2 aromatic carbocycles. The Morgan fingerprint density at radius 3 is 2.40 bits per heavy atom. The Balaban J connectivity index is 2.29. The predicted octanol–water partition coefficient (Wildman–Crippen LogP) is 6.30. The van der Waals surface area contributed by atoms with Gasteiger partial charge in [0.25, 0.3) is 0 Å². The van der Waals surface area contributed by atoms with Gasteiger partial charge in [-0.2, -0.15) is 0 Å². The van der Waals surface area contributed by atoms with E-state index in [1.807, 2.05) is 24.3 Å². The summed E-state index contributed by atoms with van der Waals surface area (Å²) in [4.78, 5) is 0. The highest BCUT2D eigenvalue weighted by atomic mass is 16.5. The Labute approximate surface area is 151 Å². The first-order valence-electron chi connectivity index (χ1n) is 8.75. The van der Waals surface area contributed by atoms with E-state index >= 15 is 0 Å². The molecule has 0 unspecified atom stereocenters. The maximum Gasteiger partial charge on any atom is 0.123 e. The summed E-state index contributed by atoms with van der Waals surface area (Å²) < 4.78 is 5.33. The molecule has 0 amide bonds. The number of phenols is 1. The van der Waals surface area contributed by atoms with Gasteiger partial charge in [-0.15, -0.1) is 0 Å². The molecule has 0 aliphatic rings. The maximum absolute atomic E-state index is 10.5. The third-order valence-electron chi connectivity index (χ3n) is 4.27. The molecule has 2 rings (SSSR count). The van der Waals surface area contributed by atoms with E-state index in [0.717, 1.165) is 29.5 Å². The molecule has 0 aromatic heterocycles. The van der Waals surface area contributed by atoms with E-state index < -0.39 is 0 Å². The quantitative estimate of drug-likeness (QED) is 0.601. The Kier molecular flexibility index (Phi) is 6.88. The first-order chi connectivity index (χ1) is 12.0. The average Bonchev–Trinajstić information content (AvgIpc) is 2.60. The molecule has 25 heavy (non-hydrogen) atoms. The van der Waals surface area contributed by atoms with Crippen LogP contribution in [-0.2, 0) is 6.42 Å². The van der Waals surface area contributed by atoms with Crippen LogP contribution in [0.1, 0.15) is 39.2 Å². The van der Waals surface area contributed by atoms with Crippen LogP contribution in [-0.4, -0.2) is 12.2 Å². The molecule has 0 aliphatic heterocycles. The molecule has 0 heterocycles. The fourth-order valence-electron chi connectivity index (χ4n) is 2.81. The van der Waals surface area contributed by atoms with Crippen LogP contribution in [0.15, 0.2) is 65.8 Å². The topological polar surface area (TPSA) is 29.5 Å². The molecule has 2 aromatic rings. The lowest BCUT2D eigenvalue weighted by Crippen LogP contribution is -1.93. The van der Waals surface area contributed by atoms with Gasteiger partial charge in [-0.05, 0) is 57.2 Å². The molecule has 0 saturated carbocycles. The molecule has 0 saturated heterocycles. The van der Waals surface area contributed by atoms with Gasteiger partial charge in [0.15, 0.2) is 0 Å². The van der Waals surface area contributed by atoms with Gasteiger partial charge in [0.1, 0.15) is 11.5 Å². The van der Waals surface area contributed by atoms with Gasteiger partial charge < -0.3 is 9.84 Å². The van der Waals surface area contributed by atoms with Gasteiger partial charge >= 0.3 is 0 Å². The second-order valence-corrected chi connectivity index (χ2v) is 6.61. The molecular formula is C23H28O2. The first kappa shape index (κ1) is 18.9. The van der Waals surface area contributed by atoms with E-state index in [-0.39, 0.29) is 5.75 Å². The summed E-state index contributed by atoms with van der Waals surface area (Å²) >= 11 is 0. The van der Waals surface area contributed by atoms with Crippen LogP contribution < -0.4 is 4.74 Å². The monoisotopic (exact) mass is 336 g/mol. The van der Waals surface area contributed by atoms with Crippen molar-refractivity contribution in [1.82, 2.24) is 0 Å². The normalized spacial score (nSPS) is 11.3. The van der Waals surface area contributed by atoms with Gasteiger partial charge in [-0.1, -0.05) is 53.6 Å². The number of benzene rings is 2. The number of methoxy groups -OCH3 is 1. The van der Waals surface area contributed by atoms with Crippen molar-refractivity contribution in [1.29, 1.82) is 0 Å². The van der Waals surface area contributed by atoms with Gasteiger partial charge in [0, 0.05) is 11.6 Å². The summed E-state index contributed by atoms with van der Waals surface area (Å²) in [6.07, 6.45) is 7.29. The zero-order chi connectivity index (χ0) is 18.2. The predicted molar refractivity (Wildman–Crippen MR) is 106 cm³/mol. The lowest BCUT2D eigenvalue weighted by atomic mass is 9.95. The minimum Gasteiger partial charge on any atom is -0.507 e. The average molecular weight is 336 g/mol. The van der Waals surface area contributed by atoms with Crippen molar-refractivity contribution < 1.29 is 9.84 Å². The maximum atomic E-state index is 10.5. The number of ether oxygens (including phenoxy) is 1. The number of aromatic hydroxyl groups is 1. The summed E-state index contributed by atoms with van der Waals surface area (Å²) in [6.45, 7) is 6.41. The molecule has 0 atom stereocenters. The lowest BCUT2D eigenvalue weighted by molar-refractivity contribution is 0.407. The third-order valence-corrected chi connectivity index (χ3v) is 4.27. The smallest absolute Gasteiger partial charge is 0.123 e. The van der Waals surface area contributed by atoms with E-state index in [1.54, 1.807) is 13.2 Å². The number of allylic oxidation sites excluding steroid dienone is 4. The molecule has 0 fully saturated rings. The van der Waals surface area contributed by atoms with E-state index in [9.17, 15) is 5.11 Å². The molecule has 2 heteroatoms. The highest BCUT2D eigenvalue weighted by Crippen LogP contribution is 2.35.